The molecule has 1 aromatic rings. The molecule has 1 rings (SSSR count). The van der Waals surface area contributed by atoms with Crippen LogP contribution in [0.1, 0.15) is 38.3 Å². The fourth-order valence-electron chi connectivity index (χ4n) is 1.46. The first-order valence-corrected chi connectivity index (χ1v) is 6.39. The lowest BCUT2D eigenvalue weighted by Crippen LogP contribution is -2.43. The SMILES string of the molecule is CCC(=O)OCC(C)(C)NCc1ccc(C)cc1. The molecule has 0 aliphatic heterocycles. The fourth-order valence-corrected chi connectivity index (χ4v) is 1.46. The molecule has 0 bridgehead atoms. The second-order valence-corrected chi connectivity index (χ2v) is 5.24. The predicted molar refractivity (Wildman–Crippen MR) is 73.3 cm³/mol. The summed E-state index contributed by atoms with van der Waals surface area (Å²) >= 11 is 0. The molecule has 0 saturated carbocycles. The zero-order valence-corrected chi connectivity index (χ0v) is 11.7. The molecule has 100 valence electrons. The minimum absolute atomic E-state index is 0.153. The van der Waals surface area contributed by atoms with E-state index in [0.29, 0.717) is 13.0 Å². The van der Waals surface area contributed by atoms with Gasteiger partial charge in [-0.3, -0.25) is 4.79 Å². The molecule has 18 heavy (non-hydrogen) atoms. The van der Waals surface area contributed by atoms with E-state index in [0.717, 1.165) is 6.54 Å². The molecule has 0 radical (unpaired) electrons. The van der Waals surface area contributed by atoms with E-state index in [9.17, 15) is 4.79 Å². The van der Waals surface area contributed by atoms with Crippen LogP contribution in [0.4, 0.5) is 0 Å². The quantitative estimate of drug-likeness (QED) is 0.788. The molecule has 0 atom stereocenters. The predicted octanol–water partition coefficient (Wildman–Crippen LogP) is 2.82. The summed E-state index contributed by atoms with van der Waals surface area (Å²) in [4.78, 5) is 11.1. The van der Waals surface area contributed by atoms with Crippen LogP contribution in [-0.2, 0) is 16.1 Å². The largest absolute Gasteiger partial charge is 0.464 e. The Morgan fingerprint density at radius 3 is 2.44 bits per heavy atom. The Bertz CT molecular complexity index is 382. The molecule has 0 unspecified atom stereocenters. The van der Waals surface area contributed by atoms with Crippen LogP contribution in [0, 0.1) is 6.92 Å². The van der Waals surface area contributed by atoms with Gasteiger partial charge in [0.2, 0.25) is 0 Å². The second-order valence-electron chi connectivity index (χ2n) is 5.24. The highest BCUT2D eigenvalue weighted by molar-refractivity contribution is 5.68. The average molecular weight is 249 g/mol. The Balaban J connectivity index is 2.41. The molecule has 0 aliphatic carbocycles. The van der Waals surface area contributed by atoms with Crippen molar-refractivity contribution in [3.05, 3.63) is 35.4 Å². The van der Waals surface area contributed by atoms with E-state index in [2.05, 4.69) is 36.5 Å². The Kier molecular flexibility index (Phi) is 5.35. The fraction of sp³-hybridized carbons (Fsp3) is 0.533. The van der Waals surface area contributed by atoms with Gasteiger partial charge >= 0.3 is 5.97 Å². The van der Waals surface area contributed by atoms with Crippen LogP contribution in [0.2, 0.25) is 0 Å². The van der Waals surface area contributed by atoms with Crippen molar-refractivity contribution in [3.8, 4) is 0 Å². The lowest BCUT2D eigenvalue weighted by molar-refractivity contribution is -0.145. The molecule has 0 amide bonds. The lowest BCUT2D eigenvalue weighted by atomic mass is 10.1. The summed E-state index contributed by atoms with van der Waals surface area (Å²) < 4.78 is 5.16. The molecule has 3 nitrogen and oxygen atoms in total. The molecule has 3 heteroatoms. The van der Waals surface area contributed by atoms with Crippen LogP contribution in [0.5, 0.6) is 0 Å². The van der Waals surface area contributed by atoms with Gasteiger partial charge in [0.1, 0.15) is 6.61 Å². The van der Waals surface area contributed by atoms with E-state index in [4.69, 9.17) is 4.74 Å². The summed E-state index contributed by atoms with van der Waals surface area (Å²) in [6.07, 6.45) is 0.425. The summed E-state index contributed by atoms with van der Waals surface area (Å²) in [7, 11) is 0. The van der Waals surface area contributed by atoms with E-state index >= 15 is 0 Å². The molecule has 0 heterocycles. The second kappa shape index (κ2) is 6.55. The van der Waals surface area contributed by atoms with Crippen molar-refractivity contribution in [2.45, 2.75) is 46.2 Å². The van der Waals surface area contributed by atoms with Gasteiger partial charge in [0, 0.05) is 18.5 Å². The van der Waals surface area contributed by atoms with Gasteiger partial charge in [0.05, 0.1) is 0 Å². The van der Waals surface area contributed by atoms with E-state index in [1.54, 1.807) is 6.92 Å². The Labute approximate surface area is 110 Å². The van der Waals surface area contributed by atoms with Gasteiger partial charge in [0.15, 0.2) is 0 Å². The molecule has 0 saturated heterocycles. The molecule has 1 aromatic carbocycles. The number of ether oxygens (including phenoxy) is 1. The van der Waals surface area contributed by atoms with Crippen LogP contribution in [0.25, 0.3) is 0 Å². The van der Waals surface area contributed by atoms with Gasteiger partial charge in [-0.25, -0.2) is 0 Å². The third-order valence-electron chi connectivity index (χ3n) is 2.77. The van der Waals surface area contributed by atoms with Crippen LogP contribution >= 0.6 is 0 Å². The number of esters is 1. The first-order valence-electron chi connectivity index (χ1n) is 6.39. The monoisotopic (exact) mass is 249 g/mol. The molecular weight excluding hydrogens is 226 g/mol. The third-order valence-corrected chi connectivity index (χ3v) is 2.77. The molecule has 0 aromatic heterocycles. The van der Waals surface area contributed by atoms with Crippen molar-refractivity contribution in [2.24, 2.45) is 0 Å². The Morgan fingerprint density at radius 2 is 1.89 bits per heavy atom. The van der Waals surface area contributed by atoms with Gasteiger partial charge in [0.25, 0.3) is 0 Å². The van der Waals surface area contributed by atoms with Crippen molar-refractivity contribution >= 4 is 5.97 Å². The highest BCUT2D eigenvalue weighted by atomic mass is 16.5. The maximum absolute atomic E-state index is 11.1. The maximum atomic E-state index is 11.1. The minimum atomic E-state index is -0.213. The van der Waals surface area contributed by atoms with Gasteiger partial charge in [-0.05, 0) is 26.3 Å². The van der Waals surface area contributed by atoms with E-state index < -0.39 is 0 Å². The number of aryl methyl sites for hydroxylation is 1. The molecule has 0 fully saturated rings. The topological polar surface area (TPSA) is 38.3 Å². The molecule has 0 aliphatic rings. The van der Waals surface area contributed by atoms with Crippen LogP contribution in [0.3, 0.4) is 0 Å². The van der Waals surface area contributed by atoms with Gasteiger partial charge in [-0.15, -0.1) is 0 Å². The number of hydrogen-bond donors (Lipinski definition) is 1. The number of rotatable bonds is 6. The zero-order valence-electron chi connectivity index (χ0n) is 11.7. The van der Waals surface area contributed by atoms with Gasteiger partial charge < -0.3 is 10.1 Å². The van der Waals surface area contributed by atoms with E-state index in [1.165, 1.54) is 11.1 Å². The summed E-state index contributed by atoms with van der Waals surface area (Å²) in [6, 6.07) is 8.41. The highest BCUT2D eigenvalue weighted by Crippen LogP contribution is 2.08. The number of nitrogens with one attached hydrogen (secondary N) is 1. The van der Waals surface area contributed by atoms with Crippen molar-refractivity contribution in [2.75, 3.05) is 6.61 Å². The number of carbonyl (C=O) groups is 1. The van der Waals surface area contributed by atoms with Crippen molar-refractivity contribution in [1.82, 2.24) is 5.32 Å². The van der Waals surface area contributed by atoms with Crippen molar-refractivity contribution < 1.29 is 9.53 Å². The van der Waals surface area contributed by atoms with E-state index in [-0.39, 0.29) is 11.5 Å². The Morgan fingerprint density at radius 1 is 1.28 bits per heavy atom. The molecule has 0 spiro atoms. The van der Waals surface area contributed by atoms with Crippen molar-refractivity contribution in [3.63, 3.8) is 0 Å². The summed E-state index contributed by atoms with van der Waals surface area (Å²) in [5.41, 5.74) is 2.28. The third kappa shape index (κ3) is 5.32. The average Bonchev–Trinajstić information content (AvgIpc) is 2.35. The number of benzene rings is 1. The standard InChI is InChI=1S/C15H23NO2/c1-5-14(17)18-11-15(3,4)16-10-13-8-6-12(2)7-9-13/h6-9,16H,5,10-11H2,1-4H3. The summed E-state index contributed by atoms with van der Waals surface area (Å²) in [5, 5.41) is 3.40. The lowest BCUT2D eigenvalue weighted by Gasteiger charge is -2.26. The zero-order chi connectivity index (χ0) is 13.6. The smallest absolute Gasteiger partial charge is 0.305 e. The Hall–Kier alpha value is -1.35. The maximum Gasteiger partial charge on any atom is 0.305 e. The van der Waals surface area contributed by atoms with Gasteiger partial charge in [-0.2, -0.15) is 0 Å². The van der Waals surface area contributed by atoms with Crippen LogP contribution in [0.15, 0.2) is 24.3 Å². The first kappa shape index (κ1) is 14.7. The number of carbonyl (C=O) groups excluding carboxylic acids is 1. The van der Waals surface area contributed by atoms with Gasteiger partial charge in [-0.1, -0.05) is 36.8 Å². The summed E-state index contributed by atoms with van der Waals surface area (Å²) in [5.74, 6) is -0.153. The van der Waals surface area contributed by atoms with Crippen LogP contribution in [-0.4, -0.2) is 18.1 Å². The van der Waals surface area contributed by atoms with Crippen LogP contribution < -0.4 is 5.32 Å². The number of hydrogen-bond acceptors (Lipinski definition) is 3. The van der Waals surface area contributed by atoms with E-state index in [1.807, 2.05) is 13.8 Å². The normalized spacial score (nSPS) is 11.3. The first-order chi connectivity index (χ1) is 8.43. The molecule has 1 N–H and O–H groups in total. The summed E-state index contributed by atoms with van der Waals surface area (Å²) in [6.45, 7) is 9.11. The molecular formula is C15H23NO2. The van der Waals surface area contributed by atoms with Crippen molar-refractivity contribution in [1.29, 1.82) is 0 Å². The minimum Gasteiger partial charge on any atom is -0.464 e. The highest BCUT2D eigenvalue weighted by Gasteiger charge is 2.18.